The van der Waals surface area contributed by atoms with Crippen molar-refractivity contribution < 1.29 is 14.3 Å². The molecule has 0 aromatic carbocycles. The Labute approximate surface area is 153 Å². The van der Waals surface area contributed by atoms with Crippen molar-refractivity contribution in [2.24, 2.45) is 29.1 Å². The number of esters is 1. The van der Waals surface area contributed by atoms with Crippen LogP contribution in [0.1, 0.15) is 71.6 Å². The molecule has 0 heterocycles. The maximum atomic E-state index is 12.6. The van der Waals surface area contributed by atoms with Gasteiger partial charge in [0.1, 0.15) is 11.9 Å². The molecule has 0 radical (unpaired) electrons. The number of carbonyl (C=O) groups excluding carboxylic acids is 2. The number of rotatable bonds is 1. The number of ether oxygens (including phenoxy) is 1. The molecule has 0 amide bonds. The van der Waals surface area contributed by atoms with E-state index in [0.717, 1.165) is 38.5 Å². The monoisotopic (exact) mass is 396 g/mol. The van der Waals surface area contributed by atoms with Crippen LogP contribution in [0.15, 0.2) is 0 Å². The summed E-state index contributed by atoms with van der Waals surface area (Å²) >= 11 is 3.91. The zero-order valence-corrected chi connectivity index (χ0v) is 16.4. The normalized spacial score (nSPS) is 50.6. The molecule has 134 valence electrons. The Morgan fingerprint density at radius 3 is 2.54 bits per heavy atom. The lowest BCUT2D eigenvalue weighted by atomic mass is 9.50. The van der Waals surface area contributed by atoms with Gasteiger partial charge in [-0.25, -0.2) is 0 Å². The summed E-state index contributed by atoms with van der Waals surface area (Å²) in [5.74, 6) is 2.90. The molecule has 0 N–H and O–H groups in total. The number of ketones is 1. The number of halogens is 1. The molecular formula is C20H29BrO3. The van der Waals surface area contributed by atoms with Crippen molar-refractivity contribution in [2.75, 3.05) is 0 Å². The van der Waals surface area contributed by atoms with Crippen molar-refractivity contribution in [3.8, 4) is 0 Å². The number of carbonyl (C=O) groups is 2. The molecule has 4 heteroatoms. The third kappa shape index (κ3) is 2.34. The molecule has 0 unspecified atom stereocenters. The molecule has 24 heavy (non-hydrogen) atoms. The van der Waals surface area contributed by atoms with Crippen LogP contribution in [0.4, 0.5) is 0 Å². The highest BCUT2D eigenvalue weighted by Gasteiger charge is 2.61. The lowest BCUT2D eigenvalue weighted by Crippen LogP contribution is -2.56. The summed E-state index contributed by atoms with van der Waals surface area (Å²) in [5, 5.41) is 0. The Morgan fingerprint density at radius 2 is 1.79 bits per heavy atom. The van der Waals surface area contributed by atoms with E-state index >= 15 is 0 Å². The number of Topliss-reactive ketones (excluding diaryl/α,β-unsaturated/α-hetero) is 1. The van der Waals surface area contributed by atoms with Crippen LogP contribution in [0, 0.1) is 29.1 Å². The Kier molecular flexibility index (Phi) is 4.14. The van der Waals surface area contributed by atoms with E-state index in [0.29, 0.717) is 29.5 Å². The summed E-state index contributed by atoms with van der Waals surface area (Å²) in [6, 6.07) is 0. The Bertz CT molecular complexity index is 561. The molecule has 3 nitrogen and oxygen atoms in total. The van der Waals surface area contributed by atoms with Gasteiger partial charge in [-0.15, -0.1) is 0 Å². The van der Waals surface area contributed by atoms with E-state index in [-0.39, 0.29) is 21.8 Å². The van der Waals surface area contributed by atoms with Gasteiger partial charge in [0, 0.05) is 18.8 Å². The van der Waals surface area contributed by atoms with Gasteiger partial charge in [-0.1, -0.05) is 22.9 Å². The van der Waals surface area contributed by atoms with Gasteiger partial charge in [0.05, 0.1) is 4.32 Å². The number of alkyl halides is 1. The van der Waals surface area contributed by atoms with Crippen molar-refractivity contribution in [1.29, 1.82) is 0 Å². The largest absolute Gasteiger partial charge is 0.462 e. The molecule has 0 aromatic heterocycles. The van der Waals surface area contributed by atoms with Gasteiger partial charge in [0.2, 0.25) is 0 Å². The molecule has 4 aliphatic rings. The van der Waals surface area contributed by atoms with Gasteiger partial charge in [0.15, 0.2) is 0 Å². The van der Waals surface area contributed by atoms with E-state index in [1.807, 2.05) is 0 Å². The van der Waals surface area contributed by atoms with E-state index in [1.165, 1.54) is 26.2 Å². The maximum Gasteiger partial charge on any atom is 0.302 e. The summed E-state index contributed by atoms with van der Waals surface area (Å²) in [5.41, 5.74) is 0.151. The first-order valence-electron chi connectivity index (χ1n) is 9.75. The van der Waals surface area contributed by atoms with Crippen molar-refractivity contribution in [3.05, 3.63) is 0 Å². The quantitative estimate of drug-likeness (QED) is 0.478. The van der Waals surface area contributed by atoms with Crippen LogP contribution in [0.2, 0.25) is 0 Å². The zero-order valence-electron chi connectivity index (χ0n) is 14.9. The maximum absolute atomic E-state index is 12.6. The van der Waals surface area contributed by atoms with Crippen LogP contribution in [0.5, 0.6) is 0 Å². The molecular weight excluding hydrogens is 368 g/mol. The molecule has 0 aliphatic heterocycles. The second-order valence-corrected chi connectivity index (χ2v) is 10.4. The molecule has 4 rings (SSSR count). The lowest BCUT2D eigenvalue weighted by Gasteiger charge is -2.57. The molecule has 0 spiro atoms. The Hall–Kier alpha value is -0.380. The van der Waals surface area contributed by atoms with Gasteiger partial charge >= 0.3 is 5.97 Å². The van der Waals surface area contributed by atoms with E-state index < -0.39 is 0 Å². The summed E-state index contributed by atoms with van der Waals surface area (Å²) in [4.78, 5) is 24.1. The molecule has 4 saturated carbocycles. The highest BCUT2D eigenvalue weighted by Crippen LogP contribution is 2.64. The fraction of sp³-hybridized carbons (Fsp3) is 0.900. The fourth-order valence-electron chi connectivity index (χ4n) is 6.96. The molecule has 0 saturated heterocycles. The average molecular weight is 397 g/mol. The molecule has 4 fully saturated rings. The van der Waals surface area contributed by atoms with Crippen LogP contribution in [-0.4, -0.2) is 22.2 Å². The minimum Gasteiger partial charge on any atom is -0.462 e. The second-order valence-electron chi connectivity index (χ2n) is 8.98. The Balaban J connectivity index is 1.59. The van der Waals surface area contributed by atoms with Gasteiger partial charge in [-0.05, 0) is 75.0 Å². The van der Waals surface area contributed by atoms with Crippen LogP contribution in [0.3, 0.4) is 0 Å². The highest BCUT2D eigenvalue weighted by molar-refractivity contribution is 9.10. The molecule has 4 aliphatic carbocycles. The highest BCUT2D eigenvalue weighted by atomic mass is 79.9. The number of hydrogen-bond acceptors (Lipinski definition) is 3. The zero-order chi connectivity index (χ0) is 17.1. The molecule has 0 bridgehead atoms. The predicted molar refractivity (Wildman–Crippen MR) is 95.8 cm³/mol. The first kappa shape index (κ1) is 17.1. The smallest absolute Gasteiger partial charge is 0.302 e. The van der Waals surface area contributed by atoms with E-state index in [2.05, 4.69) is 22.9 Å². The third-order valence-corrected chi connectivity index (χ3v) is 9.47. The summed E-state index contributed by atoms with van der Waals surface area (Å²) < 4.78 is 5.48. The van der Waals surface area contributed by atoms with Crippen LogP contribution in [0.25, 0.3) is 0 Å². The van der Waals surface area contributed by atoms with Gasteiger partial charge < -0.3 is 4.74 Å². The first-order valence-corrected chi connectivity index (χ1v) is 10.5. The third-order valence-electron chi connectivity index (χ3n) is 8.04. The second kappa shape index (κ2) is 5.82. The minimum atomic E-state index is -0.228. The van der Waals surface area contributed by atoms with E-state index in [1.54, 1.807) is 0 Å². The number of fused-ring (bicyclic) bond motifs is 5. The minimum absolute atomic E-state index is 0.101. The standard InChI is InChI=1S/C20H29BrO3/c1-12(22)24-18-7-6-15-13-9-11-20(21)16(4-3-5-17(20)23)14(13)8-10-19(15,18)2/h13-16,18H,3-11H2,1-2H3/t13-,14+,15+,16-,18+,19+,20-/m1/s1. The van der Waals surface area contributed by atoms with Crippen LogP contribution >= 0.6 is 15.9 Å². The Morgan fingerprint density at radius 1 is 1.08 bits per heavy atom. The van der Waals surface area contributed by atoms with Crippen molar-refractivity contribution in [3.63, 3.8) is 0 Å². The predicted octanol–water partition coefficient (Wildman–Crippen LogP) is 4.66. The summed E-state index contributed by atoms with van der Waals surface area (Å²) in [7, 11) is 0. The van der Waals surface area contributed by atoms with Crippen molar-refractivity contribution >= 4 is 27.7 Å². The lowest BCUT2D eigenvalue weighted by molar-refractivity contribution is -0.157. The van der Waals surface area contributed by atoms with Gasteiger partial charge in [0.25, 0.3) is 0 Å². The van der Waals surface area contributed by atoms with Gasteiger partial charge in [-0.3, -0.25) is 9.59 Å². The molecule has 7 atom stereocenters. The SMILES string of the molecule is CC(=O)O[C@H]1CC[C@H]2[C@@H]3CC[C@]4(Br)C(=O)CCC[C@@H]4[C@H]3CC[C@]12C. The van der Waals surface area contributed by atoms with Crippen LogP contribution < -0.4 is 0 Å². The summed E-state index contributed by atoms with van der Waals surface area (Å²) in [6.45, 7) is 3.90. The fourth-order valence-corrected chi connectivity index (χ4v) is 7.95. The van der Waals surface area contributed by atoms with Crippen molar-refractivity contribution in [1.82, 2.24) is 0 Å². The van der Waals surface area contributed by atoms with Crippen LogP contribution in [-0.2, 0) is 14.3 Å². The van der Waals surface area contributed by atoms with E-state index in [4.69, 9.17) is 4.74 Å². The average Bonchev–Trinajstić information content (AvgIpc) is 2.85. The molecule has 0 aromatic rings. The topological polar surface area (TPSA) is 43.4 Å². The summed E-state index contributed by atoms with van der Waals surface area (Å²) in [6.07, 6.45) is 9.84. The number of hydrogen-bond donors (Lipinski definition) is 0. The first-order chi connectivity index (χ1) is 11.4. The van der Waals surface area contributed by atoms with E-state index in [9.17, 15) is 9.59 Å². The van der Waals surface area contributed by atoms with Gasteiger partial charge in [-0.2, -0.15) is 0 Å². The van der Waals surface area contributed by atoms with Crippen molar-refractivity contribution in [2.45, 2.75) is 82.1 Å².